The monoisotopic (exact) mass is 260 g/mol. The van der Waals surface area contributed by atoms with Crippen molar-refractivity contribution >= 4 is 11.6 Å². The Labute approximate surface area is 111 Å². The summed E-state index contributed by atoms with van der Waals surface area (Å²) in [5, 5.41) is 9.42. The highest BCUT2D eigenvalue weighted by Gasteiger charge is 2.16. The molecule has 19 heavy (non-hydrogen) atoms. The van der Waals surface area contributed by atoms with Gasteiger partial charge < -0.3 is 20.3 Å². The zero-order chi connectivity index (χ0) is 13.8. The van der Waals surface area contributed by atoms with E-state index in [2.05, 4.69) is 4.98 Å². The Morgan fingerprint density at radius 1 is 1.53 bits per heavy atom. The Kier molecular flexibility index (Phi) is 3.82. The van der Waals surface area contributed by atoms with Gasteiger partial charge in [0.25, 0.3) is 5.91 Å². The summed E-state index contributed by atoms with van der Waals surface area (Å²) in [6.07, 6.45) is 3.24. The third kappa shape index (κ3) is 2.92. The van der Waals surface area contributed by atoms with Crippen molar-refractivity contribution in [3.8, 4) is 5.75 Å². The second-order valence-electron chi connectivity index (χ2n) is 4.17. The molecule has 0 fully saturated rings. The summed E-state index contributed by atoms with van der Waals surface area (Å²) in [7, 11) is 1.64. The van der Waals surface area contributed by atoms with Gasteiger partial charge in [0.1, 0.15) is 11.4 Å². The first-order valence-electron chi connectivity index (χ1n) is 5.90. The van der Waals surface area contributed by atoms with E-state index >= 15 is 0 Å². The van der Waals surface area contributed by atoms with E-state index in [4.69, 9.17) is 5.73 Å². The number of hydrogen-bond donors (Lipinski definition) is 2. The number of phenols is 1. The number of anilines is 1. The number of carbonyl (C=O) groups excluding carboxylic acids is 1. The van der Waals surface area contributed by atoms with Gasteiger partial charge in [-0.2, -0.15) is 0 Å². The van der Waals surface area contributed by atoms with Crippen LogP contribution in [0.25, 0.3) is 0 Å². The average Bonchev–Trinajstić information content (AvgIpc) is 2.86. The molecule has 0 unspecified atom stereocenters. The number of rotatable bonds is 4. The van der Waals surface area contributed by atoms with E-state index in [0.717, 1.165) is 0 Å². The van der Waals surface area contributed by atoms with Gasteiger partial charge in [-0.3, -0.25) is 4.79 Å². The van der Waals surface area contributed by atoms with Crippen molar-refractivity contribution in [3.63, 3.8) is 0 Å². The van der Waals surface area contributed by atoms with E-state index < -0.39 is 0 Å². The molecule has 0 bridgehead atoms. The molecule has 6 nitrogen and oxygen atoms in total. The number of imidazole rings is 1. The lowest BCUT2D eigenvalue weighted by atomic mass is 10.2. The van der Waals surface area contributed by atoms with Gasteiger partial charge in [-0.1, -0.05) is 6.07 Å². The van der Waals surface area contributed by atoms with Crippen molar-refractivity contribution in [2.75, 3.05) is 18.5 Å². The van der Waals surface area contributed by atoms with Crippen molar-refractivity contribution in [1.29, 1.82) is 0 Å². The quantitative estimate of drug-likeness (QED) is 0.852. The lowest BCUT2D eigenvalue weighted by Crippen LogP contribution is -2.26. The first-order valence-corrected chi connectivity index (χ1v) is 5.90. The van der Waals surface area contributed by atoms with E-state index in [9.17, 15) is 9.90 Å². The van der Waals surface area contributed by atoms with Crippen LogP contribution < -0.4 is 10.6 Å². The molecule has 0 aliphatic rings. The molecule has 2 rings (SSSR count). The Bertz CT molecular complexity index is 580. The van der Waals surface area contributed by atoms with Crippen LogP contribution in [-0.2, 0) is 6.54 Å². The number of aromatic hydroxyl groups is 1. The van der Waals surface area contributed by atoms with Gasteiger partial charge in [-0.05, 0) is 12.1 Å². The molecule has 0 radical (unpaired) electrons. The number of benzene rings is 1. The molecule has 1 aromatic heterocycles. The molecule has 6 heteroatoms. The number of nitrogens with zero attached hydrogens (tertiary/aromatic N) is 3. The van der Waals surface area contributed by atoms with Gasteiger partial charge in [0, 0.05) is 38.1 Å². The summed E-state index contributed by atoms with van der Waals surface area (Å²) in [4.78, 5) is 17.7. The minimum absolute atomic E-state index is 0.116. The SMILES string of the molecule is CN(C(=O)c1cn(CCN)cn1)c1cccc(O)c1. The normalized spacial score (nSPS) is 10.4. The van der Waals surface area contributed by atoms with Crippen LogP contribution in [0, 0.1) is 0 Å². The van der Waals surface area contributed by atoms with Crippen molar-refractivity contribution in [2.24, 2.45) is 5.73 Å². The largest absolute Gasteiger partial charge is 0.508 e. The number of amides is 1. The van der Waals surface area contributed by atoms with E-state index in [1.165, 1.54) is 11.0 Å². The molecule has 0 atom stereocenters. The Morgan fingerprint density at radius 2 is 2.32 bits per heavy atom. The van der Waals surface area contributed by atoms with Crippen molar-refractivity contribution < 1.29 is 9.90 Å². The number of nitrogens with two attached hydrogens (primary N) is 1. The Hall–Kier alpha value is -2.34. The maximum atomic E-state index is 12.2. The van der Waals surface area contributed by atoms with Crippen LogP contribution in [0.3, 0.4) is 0 Å². The molecule has 0 saturated carbocycles. The zero-order valence-corrected chi connectivity index (χ0v) is 10.7. The summed E-state index contributed by atoms with van der Waals surface area (Å²) < 4.78 is 1.77. The van der Waals surface area contributed by atoms with Crippen LogP contribution in [0.5, 0.6) is 5.75 Å². The molecule has 100 valence electrons. The molecule has 3 N–H and O–H groups in total. The van der Waals surface area contributed by atoms with E-state index in [0.29, 0.717) is 24.5 Å². The molecule has 0 saturated heterocycles. The maximum absolute atomic E-state index is 12.2. The molecule has 0 aliphatic carbocycles. The van der Waals surface area contributed by atoms with Crippen LogP contribution in [0.4, 0.5) is 5.69 Å². The minimum atomic E-state index is -0.235. The highest BCUT2D eigenvalue weighted by atomic mass is 16.3. The first-order chi connectivity index (χ1) is 9.11. The Morgan fingerprint density at radius 3 is 3.00 bits per heavy atom. The van der Waals surface area contributed by atoms with Gasteiger partial charge in [0.2, 0.25) is 0 Å². The van der Waals surface area contributed by atoms with Gasteiger partial charge in [0.15, 0.2) is 0 Å². The number of aromatic nitrogens is 2. The second kappa shape index (κ2) is 5.53. The van der Waals surface area contributed by atoms with Crippen LogP contribution >= 0.6 is 0 Å². The minimum Gasteiger partial charge on any atom is -0.508 e. The highest BCUT2D eigenvalue weighted by Crippen LogP contribution is 2.20. The fraction of sp³-hybridized carbons (Fsp3) is 0.231. The summed E-state index contributed by atoms with van der Waals surface area (Å²) >= 11 is 0. The maximum Gasteiger partial charge on any atom is 0.278 e. The van der Waals surface area contributed by atoms with Gasteiger partial charge in [0.05, 0.1) is 6.33 Å². The molecule has 0 spiro atoms. The smallest absolute Gasteiger partial charge is 0.278 e. The van der Waals surface area contributed by atoms with Crippen LogP contribution in [0.15, 0.2) is 36.8 Å². The number of hydrogen-bond acceptors (Lipinski definition) is 4. The lowest BCUT2D eigenvalue weighted by molar-refractivity contribution is 0.0988. The summed E-state index contributed by atoms with van der Waals surface area (Å²) in [5.74, 6) is -0.118. The third-order valence-corrected chi connectivity index (χ3v) is 2.76. The highest BCUT2D eigenvalue weighted by molar-refractivity contribution is 6.04. The predicted molar refractivity (Wildman–Crippen MR) is 72.1 cm³/mol. The van der Waals surface area contributed by atoms with Gasteiger partial charge in [-0.15, -0.1) is 0 Å². The van der Waals surface area contributed by atoms with E-state index in [1.807, 2.05) is 0 Å². The van der Waals surface area contributed by atoms with Crippen LogP contribution in [0.1, 0.15) is 10.5 Å². The van der Waals surface area contributed by atoms with Crippen molar-refractivity contribution in [3.05, 3.63) is 42.5 Å². The standard InChI is InChI=1S/C13H16N4O2/c1-16(10-3-2-4-11(18)7-10)13(19)12-8-17(6-5-14)9-15-12/h2-4,7-9,18H,5-6,14H2,1H3. The zero-order valence-electron chi connectivity index (χ0n) is 10.7. The van der Waals surface area contributed by atoms with Crippen molar-refractivity contribution in [2.45, 2.75) is 6.54 Å². The fourth-order valence-corrected chi connectivity index (χ4v) is 1.73. The third-order valence-electron chi connectivity index (χ3n) is 2.76. The topological polar surface area (TPSA) is 84.4 Å². The van der Waals surface area contributed by atoms with E-state index in [-0.39, 0.29) is 11.7 Å². The van der Waals surface area contributed by atoms with Crippen LogP contribution in [-0.4, -0.2) is 34.2 Å². The summed E-state index contributed by atoms with van der Waals surface area (Å²) in [6, 6.07) is 6.50. The van der Waals surface area contributed by atoms with Gasteiger partial charge in [-0.25, -0.2) is 4.98 Å². The number of phenolic OH excluding ortho intramolecular Hbond substituents is 1. The first kappa shape index (κ1) is 13.1. The predicted octanol–water partition coefficient (Wildman–Crippen LogP) is 0.824. The molecular formula is C13H16N4O2. The fourth-order valence-electron chi connectivity index (χ4n) is 1.73. The average molecular weight is 260 g/mol. The molecule has 2 aromatic rings. The molecule has 1 aromatic carbocycles. The summed E-state index contributed by atoms with van der Waals surface area (Å²) in [6.45, 7) is 1.11. The number of carbonyl (C=O) groups is 1. The molecule has 1 heterocycles. The van der Waals surface area contributed by atoms with Crippen molar-refractivity contribution in [1.82, 2.24) is 9.55 Å². The second-order valence-corrected chi connectivity index (χ2v) is 4.17. The Balaban J connectivity index is 2.18. The van der Waals surface area contributed by atoms with E-state index in [1.54, 1.807) is 42.3 Å². The summed E-state index contributed by atoms with van der Waals surface area (Å²) in [5.41, 5.74) is 6.40. The molecule has 0 aliphatic heterocycles. The van der Waals surface area contributed by atoms with Gasteiger partial charge >= 0.3 is 0 Å². The molecular weight excluding hydrogens is 244 g/mol. The van der Waals surface area contributed by atoms with Crippen LogP contribution in [0.2, 0.25) is 0 Å². The lowest BCUT2D eigenvalue weighted by Gasteiger charge is -2.16. The molecule has 1 amide bonds.